The van der Waals surface area contributed by atoms with Crippen molar-refractivity contribution in [2.24, 2.45) is 0 Å². The van der Waals surface area contributed by atoms with E-state index in [0.717, 1.165) is 22.4 Å². The lowest BCUT2D eigenvalue weighted by Gasteiger charge is -2.15. The Kier molecular flexibility index (Phi) is 6.74. The van der Waals surface area contributed by atoms with Gasteiger partial charge in [-0.3, -0.25) is 4.79 Å². The summed E-state index contributed by atoms with van der Waals surface area (Å²) >= 11 is 0. The molecule has 0 spiro atoms. The molecule has 0 aliphatic carbocycles. The number of hydrogen-bond donors (Lipinski definition) is 1. The minimum Gasteiger partial charge on any atom is -0.489 e. The minimum absolute atomic E-state index is 0.320. The average Bonchev–Trinajstić information content (AvgIpc) is 3.06. The molecule has 3 rings (SSSR count). The Balaban J connectivity index is 1.56. The van der Waals surface area contributed by atoms with E-state index in [1.165, 1.54) is 0 Å². The van der Waals surface area contributed by atoms with Gasteiger partial charge in [-0.2, -0.15) is 0 Å². The summed E-state index contributed by atoms with van der Waals surface area (Å²) in [5.41, 5.74) is 4.67. The van der Waals surface area contributed by atoms with Gasteiger partial charge in [0.1, 0.15) is 18.1 Å². The number of nitrogens with zero attached hydrogens (tertiary/aromatic N) is 1. The molecule has 7 nitrogen and oxygen atoms in total. The monoisotopic (exact) mass is 422 g/mol. The number of hydrogen-bond acceptors (Lipinski definition) is 6. The van der Waals surface area contributed by atoms with Crippen molar-refractivity contribution in [1.29, 1.82) is 0 Å². The van der Waals surface area contributed by atoms with Crippen molar-refractivity contribution in [2.75, 3.05) is 5.32 Å². The van der Waals surface area contributed by atoms with Gasteiger partial charge in [-0.05, 0) is 76.1 Å². The van der Waals surface area contributed by atoms with Gasteiger partial charge in [-0.25, -0.2) is 4.79 Å². The van der Waals surface area contributed by atoms with Gasteiger partial charge in [-0.1, -0.05) is 17.3 Å². The zero-order valence-corrected chi connectivity index (χ0v) is 18.3. The first-order chi connectivity index (χ1) is 14.7. The SMILES string of the molecule is Cc1ccc(C)c(NC(=O)[C@H](C)OC(=O)c2ccc(OCc3c(C)noc3C)cc2)c1. The summed E-state index contributed by atoms with van der Waals surface area (Å²) in [5.74, 6) is 0.338. The summed E-state index contributed by atoms with van der Waals surface area (Å²) in [6, 6.07) is 12.3. The van der Waals surface area contributed by atoms with Gasteiger partial charge in [0.2, 0.25) is 0 Å². The van der Waals surface area contributed by atoms with Crippen molar-refractivity contribution in [3.05, 3.63) is 76.2 Å². The lowest BCUT2D eigenvalue weighted by molar-refractivity contribution is -0.123. The lowest BCUT2D eigenvalue weighted by Crippen LogP contribution is -2.30. The summed E-state index contributed by atoms with van der Waals surface area (Å²) in [6.07, 6.45) is -0.942. The molecule has 0 aliphatic heterocycles. The fourth-order valence-electron chi connectivity index (χ4n) is 2.94. The molecule has 0 saturated carbocycles. The Morgan fingerprint density at radius 1 is 1.06 bits per heavy atom. The second kappa shape index (κ2) is 9.47. The number of benzene rings is 2. The van der Waals surface area contributed by atoms with E-state index in [-0.39, 0.29) is 5.91 Å². The highest BCUT2D eigenvalue weighted by molar-refractivity contribution is 5.97. The molecule has 0 radical (unpaired) electrons. The van der Waals surface area contributed by atoms with Crippen LogP contribution in [0.2, 0.25) is 0 Å². The predicted octanol–water partition coefficient (Wildman–Crippen LogP) is 4.67. The number of anilines is 1. The van der Waals surface area contributed by atoms with Crippen LogP contribution in [0.3, 0.4) is 0 Å². The molecule has 1 heterocycles. The molecule has 3 aromatic rings. The van der Waals surface area contributed by atoms with Crippen molar-refractivity contribution < 1.29 is 23.6 Å². The molecule has 31 heavy (non-hydrogen) atoms. The molecule has 2 aromatic carbocycles. The van der Waals surface area contributed by atoms with Crippen LogP contribution in [0.25, 0.3) is 0 Å². The van der Waals surface area contributed by atoms with Gasteiger partial charge in [0.05, 0.1) is 16.8 Å². The zero-order valence-electron chi connectivity index (χ0n) is 18.3. The van der Waals surface area contributed by atoms with E-state index < -0.39 is 12.1 Å². The highest BCUT2D eigenvalue weighted by Gasteiger charge is 2.20. The van der Waals surface area contributed by atoms with Crippen LogP contribution < -0.4 is 10.1 Å². The highest BCUT2D eigenvalue weighted by Crippen LogP contribution is 2.19. The molecule has 1 atom stereocenters. The molecule has 0 unspecified atom stereocenters. The number of carbonyl (C=O) groups is 2. The third-order valence-corrected chi connectivity index (χ3v) is 4.96. The molecule has 0 aliphatic rings. The predicted molar refractivity (Wildman–Crippen MR) is 116 cm³/mol. The normalized spacial score (nSPS) is 11.6. The Hall–Kier alpha value is -3.61. The van der Waals surface area contributed by atoms with Crippen molar-refractivity contribution in [3.8, 4) is 5.75 Å². The number of amides is 1. The third-order valence-electron chi connectivity index (χ3n) is 4.96. The number of rotatable bonds is 7. The van der Waals surface area contributed by atoms with E-state index in [0.29, 0.717) is 29.4 Å². The van der Waals surface area contributed by atoms with Crippen LogP contribution in [0.4, 0.5) is 5.69 Å². The molecule has 1 amide bonds. The van der Waals surface area contributed by atoms with Gasteiger partial charge in [0, 0.05) is 5.69 Å². The van der Waals surface area contributed by atoms with Crippen molar-refractivity contribution in [3.63, 3.8) is 0 Å². The number of nitrogens with one attached hydrogen (secondary N) is 1. The quantitative estimate of drug-likeness (QED) is 0.557. The number of esters is 1. The molecular formula is C24H26N2O5. The number of ether oxygens (including phenoxy) is 2. The van der Waals surface area contributed by atoms with Crippen molar-refractivity contribution in [2.45, 2.75) is 47.3 Å². The molecule has 0 bridgehead atoms. The van der Waals surface area contributed by atoms with Crippen LogP contribution in [0.5, 0.6) is 5.75 Å². The first kappa shape index (κ1) is 22.1. The van der Waals surface area contributed by atoms with Gasteiger partial charge in [0.15, 0.2) is 6.10 Å². The second-order valence-electron chi connectivity index (χ2n) is 7.47. The Bertz CT molecular complexity index is 1070. The number of aryl methyl sites for hydroxylation is 4. The average molecular weight is 422 g/mol. The van der Waals surface area contributed by atoms with Gasteiger partial charge in [-0.15, -0.1) is 0 Å². The smallest absolute Gasteiger partial charge is 0.338 e. The number of aromatic nitrogens is 1. The number of carbonyl (C=O) groups excluding carboxylic acids is 2. The Morgan fingerprint density at radius 3 is 2.42 bits per heavy atom. The van der Waals surface area contributed by atoms with E-state index in [1.54, 1.807) is 31.2 Å². The van der Waals surface area contributed by atoms with E-state index >= 15 is 0 Å². The maximum absolute atomic E-state index is 12.4. The van der Waals surface area contributed by atoms with Gasteiger partial charge in [0.25, 0.3) is 5.91 Å². The first-order valence-electron chi connectivity index (χ1n) is 9.98. The standard InChI is InChI=1S/C24H26N2O5/c1-14-6-7-15(2)22(12-14)25-23(27)18(5)30-24(28)19-8-10-20(11-9-19)29-13-21-16(3)26-31-17(21)4/h6-12,18H,13H2,1-5H3,(H,25,27)/t18-/m0/s1. The molecule has 7 heteroatoms. The summed E-state index contributed by atoms with van der Waals surface area (Å²) < 4.78 is 16.2. The zero-order chi connectivity index (χ0) is 22.5. The van der Waals surface area contributed by atoms with Crippen LogP contribution in [0.1, 0.15) is 45.4 Å². The van der Waals surface area contributed by atoms with Crippen LogP contribution in [0.15, 0.2) is 47.0 Å². The van der Waals surface area contributed by atoms with Crippen LogP contribution in [-0.2, 0) is 16.1 Å². The summed E-state index contributed by atoms with van der Waals surface area (Å²) in [7, 11) is 0. The van der Waals surface area contributed by atoms with Crippen molar-refractivity contribution in [1.82, 2.24) is 5.16 Å². The van der Waals surface area contributed by atoms with E-state index in [9.17, 15) is 9.59 Å². The minimum atomic E-state index is -0.942. The van der Waals surface area contributed by atoms with Gasteiger partial charge >= 0.3 is 5.97 Å². The van der Waals surface area contributed by atoms with E-state index in [2.05, 4.69) is 10.5 Å². The van der Waals surface area contributed by atoms with Crippen LogP contribution in [0, 0.1) is 27.7 Å². The maximum Gasteiger partial charge on any atom is 0.338 e. The topological polar surface area (TPSA) is 90.7 Å². The van der Waals surface area contributed by atoms with Crippen molar-refractivity contribution >= 4 is 17.6 Å². The fraction of sp³-hybridized carbons (Fsp3) is 0.292. The summed E-state index contributed by atoms with van der Waals surface area (Å²) in [6.45, 7) is 9.39. The second-order valence-corrected chi connectivity index (χ2v) is 7.47. The summed E-state index contributed by atoms with van der Waals surface area (Å²) in [4.78, 5) is 24.8. The Morgan fingerprint density at radius 2 is 1.77 bits per heavy atom. The van der Waals surface area contributed by atoms with E-state index in [4.69, 9.17) is 14.0 Å². The molecule has 0 saturated heterocycles. The molecular weight excluding hydrogens is 396 g/mol. The Labute approximate surface area is 181 Å². The summed E-state index contributed by atoms with van der Waals surface area (Å²) in [5, 5.41) is 6.70. The molecule has 1 aromatic heterocycles. The van der Waals surface area contributed by atoms with Crippen LogP contribution in [-0.4, -0.2) is 23.1 Å². The largest absolute Gasteiger partial charge is 0.489 e. The third kappa shape index (κ3) is 5.51. The maximum atomic E-state index is 12.4. The molecule has 0 fully saturated rings. The lowest BCUT2D eigenvalue weighted by atomic mass is 10.1. The first-order valence-corrected chi connectivity index (χ1v) is 9.98. The molecule has 1 N–H and O–H groups in total. The van der Waals surface area contributed by atoms with E-state index in [1.807, 2.05) is 45.9 Å². The van der Waals surface area contributed by atoms with Gasteiger partial charge < -0.3 is 19.3 Å². The highest BCUT2D eigenvalue weighted by atomic mass is 16.5. The fourth-order valence-corrected chi connectivity index (χ4v) is 2.94. The molecule has 162 valence electrons. The van der Waals surface area contributed by atoms with Crippen LogP contribution >= 0.6 is 0 Å².